The molecule has 0 aliphatic carbocycles. The molecule has 0 aromatic rings. The molecular formula is CH3LiNS+. The van der Waals surface area contributed by atoms with E-state index in [0.29, 0.717) is 0 Å². The van der Waals surface area contributed by atoms with Crippen molar-refractivity contribution in [2.45, 2.75) is 0 Å². The Morgan fingerprint density at radius 1 is 2.00 bits per heavy atom. The Hall–Kier alpha value is 0.437. The third-order valence-corrected chi connectivity index (χ3v) is 0. The van der Waals surface area contributed by atoms with Gasteiger partial charge in [0.2, 0.25) is 0 Å². The molecule has 0 radical (unpaired) electrons. The van der Waals surface area contributed by atoms with E-state index in [9.17, 15) is 0 Å². The van der Waals surface area contributed by atoms with Crippen LogP contribution in [0, 0.1) is 10.7 Å². The molecule has 0 amide bonds. The van der Waals surface area contributed by atoms with Gasteiger partial charge in [0.25, 0.3) is 0 Å². The van der Waals surface area contributed by atoms with Gasteiger partial charge in [-0.05, 0) is 0 Å². The number of thiocyanates is 1. The zero-order valence-corrected chi connectivity index (χ0v) is 2.29. The molecule has 0 aliphatic heterocycles. The molecule has 1 nitrogen and oxygen atoms in total. The fourth-order valence-corrected chi connectivity index (χ4v) is 0. The van der Waals surface area contributed by atoms with Gasteiger partial charge >= 0.3 is 20.3 Å². The SMILES string of the molecule is N#CS.[H+].[LiH]. The molecule has 0 rings (SSSR count). The second-order valence-corrected chi connectivity index (χ2v) is 0.300. The maximum absolute atomic E-state index is 7.18. The van der Waals surface area contributed by atoms with E-state index in [1.165, 1.54) is 5.40 Å². The summed E-state index contributed by atoms with van der Waals surface area (Å²) in [6.07, 6.45) is 0. The van der Waals surface area contributed by atoms with Crippen LogP contribution in [0.3, 0.4) is 0 Å². The van der Waals surface area contributed by atoms with E-state index in [-0.39, 0.29) is 20.3 Å². The Bertz CT molecular complexity index is 33.1. The summed E-state index contributed by atoms with van der Waals surface area (Å²) in [5, 5.41) is 8.63. The molecule has 0 spiro atoms. The summed E-state index contributed by atoms with van der Waals surface area (Å²) in [5.74, 6) is 0. The van der Waals surface area contributed by atoms with Crippen LogP contribution >= 0.6 is 12.6 Å². The van der Waals surface area contributed by atoms with Gasteiger partial charge in [0.05, 0.1) is 0 Å². The summed E-state index contributed by atoms with van der Waals surface area (Å²) in [5.41, 5.74) is 0. The summed E-state index contributed by atoms with van der Waals surface area (Å²) in [4.78, 5) is 0. The van der Waals surface area contributed by atoms with Crippen LogP contribution in [0.25, 0.3) is 0 Å². The normalized spacial score (nSPS) is 2.00. The van der Waals surface area contributed by atoms with Gasteiger partial charge in [0.1, 0.15) is 5.40 Å². The van der Waals surface area contributed by atoms with Crippen LogP contribution in [-0.2, 0) is 0 Å². The van der Waals surface area contributed by atoms with Gasteiger partial charge in [-0.25, -0.2) is 0 Å². The standard InChI is InChI=1S/CHNS.Li.H/c2-1-3;;/h3H;;/p+1. The maximum atomic E-state index is 7.18. The quantitative estimate of drug-likeness (QED) is 0.238. The summed E-state index contributed by atoms with van der Waals surface area (Å²) in [6, 6.07) is 0. The first-order chi connectivity index (χ1) is 1.41. The second kappa shape index (κ2) is 9.88. The van der Waals surface area contributed by atoms with Gasteiger partial charge < -0.3 is 0 Å². The number of hydrogen-bond donors (Lipinski definition) is 1. The topological polar surface area (TPSA) is 23.8 Å². The minimum atomic E-state index is 0. The van der Waals surface area contributed by atoms with Gasteiger partial charge in [-0.1, -0.05) is 12.6 Å². The number of thiol groups is 1. The third kappa shape index (κ3) is 26.3. The first kappa shape index (κ1) is 8.83. The predicted octanol–water partition coefficient (Wildman–Crippen LogP) is -0.139. The summed E-state index contributed by atoms with van der Waals surface area (Å²) < 4.78 is 0. The van der Waals surface area contributed by atoms with Crippen molar-refractivity contribution in [1.82, 2.24) is 0 Å². The van der Waals surface area contributed by atoms with Crippen molar-refractivity contribution in [2.24, 2.45) is 0 Å². The third-order valence-electron chi connectivity index (χ3n) is 0. The first-order valence-electron chi connectivity index (χ1n) is 0.447. The molecule has 0 saturated carbocycles. The molecular weight excluding hydrogens is 65.0 g/mol. The zero-order valence-electron chi connectivity index (χ0n) is 2.39. The summed E-state index contributed by atoms with van der Waals surface area (Å²) >= 11 is 3.09. The van der Waals surface area contributed by atoms with Crippen LogP contribution in [0.5, 0.6) is 0 Å². The average molecular weight is 68.0 g/mol. The molecule has 4 heavy (non-hydrogen) atoms. The predicted molar refractivity (Wildman–Crippen MR) is 22.9 cm³/mol. The number of nitriles is 1. The molecule has 0 N–H and O–H groups in total. The molecule has 0 heterocycles. The second-order valence-electron chi connectivity index (χ2n) is 0.100. The van der Waals surface area contributed by atoms with Gasteiger partial charge in [0.15, 0.2) is 0 Å². The number of rotatable bonds is 0. The van der Waals surface area contributed by atoms with Gasteiger partial charge in [-0.15, -0.1) is 0 Å². The Kier molecular flexibility index (Phi) is 21.8. The van der Waals surface area contributed by atoms with E-state index in [2.05, 4.69) is 12.6 Å². The van der Waals surface area contributed by atoms with Crippen LogP contribution in [0.4, 0.5) is 0 Å². The summed E-state index contributed by atoms with van der Waals surface area (Å²) in [6.45, 7) is 0. The van der Waals surface area contributed by atoms with Crippen molar-refractivity contribution in [2.75, 3.05) is 0 Å². The van der Waals surface area contributed by atoms with Crippen molar-refractivity contribution < 1.29 is 1.43 Å². The fraction of sp³-hybridized carbons (Fsp3) is 0. The minimum absolute atomic E-state index is 0. The van der Waals surface area contributed by atoms with E-state index in [4.69, 9.17) is 5.26 Å². The monoisotopic (exact) mass is 68.0 g/mol. The van der Waals surface area contributed by atoms with Crippen molar-refractivity contribution in [1.29, 1.82) is 5.26 Å². The van der Waals surface area contributed by atoms with Crippen molar-refractivity contribution >= 4 is 31.5 Å². The molecule has 18 valence electrons. The van der Waals surface area contributed by atoms with Crippen LogP contribution in [0.15, 0.2) is 0 Å². The molecule has 0 aromatic heterocycles. The molecule has 0 aromatic carbocycles. The Balaban J connectivity index is -0.0000000200. The zero-order chi connectivity index (χ0) is 2.71. The fourth-order valence-electron chi connectivity index (χ4n) is 0. The molecule has 0 saturated heterocycles. The van der Waals surface area contributed by atoms with Crippen LogP contribution in [0.1, 0.15) is 1.43 Å². The van der Waals surface area contributed by atoms with E-state index in [0.717, 1.165) is 0 Å². The van der Waals surface area contributed by atoms with Crippen LogP contribution < -0.4 is 0 Å². The van der Waals surface area contributed by atoms with Gasteiger partial charge in [0, 0.05) is 0 Å². The average Bonchev–Trinajstić information content (AvgIpc) is 0.918. The van der Waals surface area contributed by atoms with E-state index < -0.39 is 0 Å². The van der Waals surface area contributed by atoms with Gasteiger partial charge in [-0.2, -0.15) is 5.26 Å². The molecule has 0 bridgehead atoms. The Morgan fingerprint density at radius 3 is 2.00 bits per heavy atom. The van der Waals surface area contributed by atoms with Crippen LogP contribution in [-0.4, -0.2) is 18.9 Å². The van der Waals surface area contributed by atoms with E-state index in [1.54, 1.807) is 0 Å². The van der Waals surface area contributed by atoms with E-state index in [1.807, 2.05) is 0 Å². The number of hydrogen-bond acceptors (Lipinski definition) is 2. The summed E-state index contributed by atoms with van der Waals surface area (Å²) in [7, 11) is 0. The molecule has 3 heteroatoms. The Labute approximate surface area is 44.1 Å². The molecule has 0 unspecified atom stereocenters. The first-order valence-corrected chi connectivity index (χ1v) is 0.894. The van der Waals surface area contributed by atoms with Gasteiger partial charge in [-0.3, -0.25) is 0 Å². The van der Waals surface area contributed by atoms with Crippen molar-refractivity contribution in [3.8, 4) is 5.40 Å². The number of nitrogens with zero attached hydrogens (tertiary/aromatic N) is 1. The van der Waals surface area contributed by atoms with Crippen LogP contribution in [0.2, 0.25) is 0 Å². The molecule has 0 fully saturated rings. The van der Waals surface area contributed by atoms with Crippen molar-refractivity contribution in [3.05, 3.63) is 0 Å². The molecule has 0 aliphatic rings. The van der Waals surface area contributed by atoms with E-state index >= 15 is 0 Å². The Morgan fingerprint density at radius 2 is 2.00 bits per heavy atom. The molecule has 0 atom stereocenters. The van der Waals surface area contributed by atoms with Crippen molar-refractivity contribution in [3.63, 3.8) is 0 Å².